The van der Waals surface area contributed by atoms with Crippen molar-refractivity contribution in [3.63, 3.8) is 0 Å². The second-order valence-corrected chi connectivity index (χ2v) is 6.21. The van der Waals surface area contributed by atoms with Crippen molar-refractivity contribution < 1.29 is 4.79 Å². The van der Waals surface area contributed by atoms with Crippen molar-refractivity contribution in [2.75, 3.05) is 19.6 Å². The van der Waals surface area contributed by atoms with Gasteiger partial charge in [-0.3, -0.25) is 9.48 Å². The van der Waals surface area contributed by atoms with E-state index >= 15 is 0 Å². The minimum absolute atomic E-state index is 0. The van der Waals surface area contributed by atoms with Gasteiger partial charge in [0.15, 0.2) is 5.69 Å². The van der Waals surface area contributed by atoms with Gasteiger partial charge in [0.1, 0.15) is 0 Å². The van der Waals surface area contributed by atoms with Crippen LogP contribution in [0, 0.1) is 0 Å². The molecule has 1 fully saturated rings. The fraction of sp³-hybridized carbons (Fsp3) is 0.750. The zero-order chi connectivity index (χ0) is 15.4. The standard InChI is InChI=1S/C16H28N4O.ClH/c1-5-10-20(13-6-8-17-9-7-13)16(21)14-11-15(12(2)3)19(4)18-14;/h11-13,17H,5-10H2,1-4H3;1H. The number of carbonyl (C=O) groups excluding carboxylic acids is 1. The van der Waals surface area contributed by atoms with E-state index in [0.717, 1.165) is 44.6 Å². The van der Waals surface area contributed by atoms with Crippen molar-refractivity contribution in [3.8, 4) is 0 Å². The van der Waals surface area contributed by atoms with Crippen LogP contribution in [0.15, 0.2) is 6.07 Å². The Morgan fingerprint density at radius 3 is 2.59 bits per heavy atom. The van der Waals surface area contributed by atoms with Crippen LogP contribution in [0.2, 0.25) is 0 Å². The van der Waals surface area contributed by atoms with Gasteiger partial charge >= 0.3 is 0 Å². The molecule has 6 heteroatoms. The molecule has 0 saturated carbocycles. The number of aromatic nitrogens is 2. The Bertz CT molecular complexity index is 480. The van der Waals surface area contributed by atoms with E-state index in [-0.39, 0.29) is 18.3 Å². The van der Waals surface area contributed by atoms with Gasteiger partial charge in [0.25, 0.3) is 5.91 Å². The summed E-state index contributed by atoms with van der Waals surface area (Å²) in [6, 6.07) is 2.31. The monoisotopic (exact) mass is 328 g/mol. The molecule has 5 nitrogen and oxygen atoms in total. The number of carbonyl (C=O) groups is 1. The SMILES string of the molecule is CCCN(C(=O)c1cc(C(C)C)n(C)n1)C1CCNCC1.Cl. The van der Waals surface area contributed by atoms with Gasteiger partial charge in [-0.2, -0.15) is 5.10 Å². The second-order valence-electron chi connectivity index (χ2n) is 6.21. The molecule has 2 rings (SSSR count). The Balaban J connectivity index is 0.00000242. The fourth-order valence-electron chi connectivity index (χ4n) is 3.08. The third-order valence-corrected chi connectivity index (χ3v) is 4.20. The molecule has 1 aromatic rings. The topological polar surface area (TPSA) is 50.2 Å². The minimum atomic E-state index is 0. The molecule has 0 radical (unpaired) electrons. The fourth-order valence-corrected chi connectivity index (χ4v) is 3.08. The van der Waals surface area contributed by atoms with Crippen LogP contribution in [0.25, 0.3) is 0 Å². The maximum Gasteiger partial charge on any atom is 0.274 e. The third-order valence-electron chi connectivity index (χ3n) is 4.20. The smallest absolute Gasteiger partial charge is 0.274 e. The normalized spacial score (nSPS) is 15.7. The van der Waals surface area contributed by atoms with E-state index in [9.17, 15) is 4.79 Å². The van der Waals surface area contributed by atoms with Crippen LogP contribution >= 0.6 is 12.4 Å². The lowest BCUT2D eigenvalue weighted by Crippen LogP contribution is -2.46. The first-order valence-electron chi connectivity index (χ1n) is 8.10. The van der Waals surface area contributed by atoms with Crippen molar-refractivity contribution in [1.29, 1.82) is 0 Å². The summed E-state index contributed by atoms with van der Waals surface area (Å²) in [4.78, 5) is 14.9. The number of hydrogen-bond acceptors (Lipinski definition) is 3. The summed E-state index contributed by atoms with van der Waals surface area (Å²) in [5.41, 5.74) is 1.70. The highest BCUT2D eigenvalue weighted by molar-refractivity contribution is 5.92. The van der Waals surface area contributed by atoms with Crippen LogP contribution in [0.5, 0.6) is 0 Å². The maximum atomic E-state index is 12.9. The van der Waals surface area contributed by atoms with Crippen LogP contribution < -0.4 is 5.32 Å². The summed E-state index contributed by atoms with van der Waals surface area (Å²) < 4.78 is 1.84. The van der Waals surface area contributed by atoms with Crippen molar-refractivity contribution >= 4 is 18.3 Å². The number of aryl methyl sites for hydroxylation is 1. The number of hydrogen-bond donors (Lipinski definition) is 1. The van der Waals surface area contributed by atoms with E-state index in [0.29, 0.717) is 17.7 Å². The van der Waals surface area contributed by atoms with Crippen LogP contribution in [-0.2, 0) is 7.05 Å². The van der Waals surface area contributed by atoms with Crippen LogP contribution in [0.4, 0.5) is 0 Å². The first-order chi connectivity index (χ1) is 10.0. The molecular formula is C16H29ClN4O. The van der Waals surface area contributed by atoms with Gasteiger partial charge < -0.3 is 10.2 Å². The summed E-state index contributed by atoms with van der Waals surface area (Å²) in [5, 5.41) is 7.80. The molecule has 126 valence electrons. The molecule has 0 bridgehead atoms. The molecule has 0 aromatic carbocycles. The summed E-state index contributed by atoms with van der Waals surface area (Å²) >= 11 is 0. The molecule has 0 spiro atoms. The first-order valence-corrected chi connectivity index (χ1v) is 8.10. The van der Waals surface area contributed by atoms with E-state index in [1.165, 1.54) is 0 Å². The lowest BCUT2D eigenvalue weighted by atomic mass is 10.0. The molecule has 22 heavy (non-hydrogen) atoms. The summed E-state index contributed by atoms with van der Waals surface area (Å²) in [6.45, 7) is 9.19. The molecule has 0 unspecified atom stereocenters. The second kappa shape index (κ2) is 8.53. The van der Waals surface area contributed by atoms with Gasteiger partial charge in [0.2, 0.25) is 0 Å². The molecule has 1 aliphatic heterocycles. The number of nitrogens with one attached hydrogen (secondary N) is 1. The maximum absolute atomic E-state index is 12.9. The van der Waals surface area contributed by atoms with E-state index < -0.39 is 0 Å². The highest BCUT2D eigenvalue weighted by Crippen LogP contribution is 2.19. The largest absolute Gasteiger partial charge is 0.334 e. The van der Waals surface area contributed by atoms with Gasteiger partial charge in [-0.25, -0.2) is 0 Å². The zero-order valence-corrected chi connectivity index (χ0v) is 14.9. The summed E-state index contributed by atoms with van der Waals surface area (Å²) in [7, 11) is 1.92. The van der Waals surface area contributed by atoms with Crippen molar-refractivity contribution in [2.45, 2.75) is 52.0 Å². The predicted octanol–water partition coefficient (Wildman–Crippen LogP) is 2.57. The number of rotatable bonds is 5. The lowest BCUT2D eigenvalue weighted by Gasteiger charge is -2.34. The Labute approximate surface area is 139 Å². The molecule has 1 amide bonds. The van der Waals surface area contributed by atoms with Crippen LogP contribution in [-0.4, -0.2) is 46.3 Å². The van der Waals surface area contributed by atoms with Gasteiger partial charge in [-0.1, -0.05) is 20.8 Å². The van der Waals surface area contributed by atoms with Gasteiger partial charge in [-0.05, 0) is 44.3 Å². The summed E-state index contributed by atoms with van der Waals surface area (Å²) in [5.74, 6) is 0.466. The molecule has 1 N–H and O–H groups in total. The van der Waals surface area contributed by atoms with Gasteiger partial charge in [-0.15, -0.1) is 12.4 Å². The van der Waals surface area contributed by atoms with Crippen LogP contribution in [0.1, 0.15) is 62.1 Å². The number of halogens is 1. The van der Waals surface area contributed by atoms with E-state index in [1.54, 1.807) is 0 Å². The first kappa shape index (κ1) is 19.0. The highest BCUT2D eigenvalue weighted by Gasteiger charge is 2.27. The number of amides is 1. The Kier molecular flexibility index (Phi) is 7.36. The van der Waals surface area contributed by atoms with E-state index in [1.807, 2.05) is 22.7 Å². The average Bonchev–Trinajstić information content (AvgIpc) is 2.87. The van der Waals surface area contributed by atoms with E-state index in [2.05, 4.69) is 31.2 Å². The minimum Gasteiger partial charge on any atom is -0.334 e. The van der Waals surface area contributed by atoms with Crippen LogP contribution in [0.3, 0.4) is 0 Å². The number of piperidine rings is 1. The van der Waals surface area contributed by atoms with E-state index in [4.69, 9.17) is 0 Å². The summed E-state index contributed by atoms with van der Waals surface area (Å²) in [6.07, 6.45) is 3.06. The Hall–Kier alpha value is -1.07. The molecule has 2 heterocycles. The quantitative estimate of drug-likeness (QED) is 0.903. The van der Waals surface area contributed by atoms with Crippen molar-refractivity contribution in [3.05, 3.63) is 17.5 Å². The average molecular weight is 329 g/mol. The predicted molar refractivity (Wildman–Crippen MR) is 91.8 cm³/mol. The van der Waals surface area contributed by atoms with Gasteiger partial charge in [0, 0.05) is 25.3 Å². The zero-order valence-electron chi connectivity index (χ0n) is 14.1. The Morgan fingerprint density at radius 1 is 1.45 bits per heavy atom. The molecule has 1 aliphatic rings. The number of nitrogens with zero attached hydrogens (tertiary/aromatic N) is 3. The molecule has 0 aliphatic carbocycles. The van der Waals surface area contributed by atoms with Gasteiger partial charge in [0.05, 0.1) is 0 Å². The highest BCUT2D eigenvalue weighted by atomic mass is 35.5. The molecule has 0 atom stereocenters. The van der Waals surface area contributed by atoms with Crippen molar-refractivity contribution in [1.82, 2.24) is 20.0 Å². The van der Waals surface area contributed by atoms with Crippen molar-refractivity contribution in [2.24, 2.45) is 7.05 Å². The Morgan fingerprint density at radius 2 is 2.09 bits per heavy atom. The molecule has 1 saturated heterocycles. The molecular weight excluding hydrogens is 300 g/mol. The lowest BCUT2D eigenvalue weighted by molar-refractivity contribution is 0.0636. The molecule has 1 aromatic heterocycles. The third kappa shape index (κ3) is 4.23.